The number of hydrogen-bond acceptors (Lipinski definition) is 6. The number of fused-ring (bicyclic) bond motifs is 1. The monoisotopic (exact) mass is 304 g/mol. The lowest BCUT2D eigenvalue weighted by molar-refractivity contribution is -0.0704. The lowest BCUT2D eigenvalue weighted by Gasteiger charge is -2.17. The molecule has 1 aliphatic heterocycles. The Morgan fingerprint density at radius 2 is 2.27 bits per heavy atom. The molecule has 0 bridgehead atoms. The van der Waals surface area contributed by atoms with Crippen molar-refractivity contribution in [1.82, 2.24) is 15.1 Å². The molecule has 0 amide bonds. The molecular weight excluding hydrogens is 294 g/mol. The predicted molar refractivity (Wildman–Crippen MR) is 67.5 cm³/mol. The number of ether oxygens (including phenoxy) is 1. The summed E-state index contributed by atoms with van der Waals surface area (Å²) in [4.78, 5) is 7.90. The van der Waals surface area contributed by atoms with Crippen LogP contribution in [0.15, 0.2) is 22.9 Å². The van der Waals surface area contributed by atoms with Crippen molar-refractivity contribution in [3.05, 3.63) is 29.8 Å². The Morgan fingerprint density at radius 3 is 3.05 bits per heavy atom. The van der Waals surface area contributed by atoms with Crippen LogP contribution in [-0.4, -0.2) is 27.7 Å². The molecule has 1 saturated heterocycles. The van der Waals surface area contributed by atoms with Gasteiger partial charge in [0.1, 0.15) is 11.8 Å². The fourth-order valence-corrected chi connectivity index (χ4v) is 3.04. The van der Waals surface area contributed by atoms with E-state index in [0.29, 0.717) is 18.4 Å². The molecule has 2 atom stereocenters. The van der Waals surface area contributed by atoms with Gasteiger partial charge >= 0.3 is 0 Å². The quantitative estimate of drug-likeness (QED) is 0.846. The second-order valence-electron chi connectivity index (χ2n) is 5.37. The first-order valence-electron chi connectivity index (χ1n) is 6.82. The molecule has 1 aliphatic carbocycles. The van der Waals surface area contributed by atoms with Crippen LogP contribution >= 0.6 is 0 Å². The Balaban J connectivity index is 1.72. The Bertz CT molecular complexity index is 785. The van der Waals surface area contributed by atoms with Gasteiger partial charge in [-0.05, 0) is 25.0 Å². The number of nitrogens with zero attached hydrogens (tertiary/aromatic N) is 4. The number of halogens is 2. The van der Waals surface area contributed by atoms with Gasteiger partial charge in [-0.3, -0.25) is 0 Å². The third-order valence-corrected chi connectivity index (χ3v) is 4.19. The van der Waals surface area contributed by atoms with Gasteiger partial charge in [-0.25, -0.2) is 13.8 Å². The van der Waals surface area contributed by atoms with Crippen LogP contribution in [0.5, 0.6) is 0 Å². The standard InChI is InChI=1S/C14H10F2N4O2/c15-14(16)10-2-1-5-21-13(10,14)12-19-11(22-20-12)8-3-4-18-9(6-8)7-17/h3-4,6,10H,1-2,5H2. The van der Waals surface area contributed by atoms with Crippen LogP contribution in [-0.2, 0) is 10.3 Å². The van der Waals surface area contributed by atoms with E-state index in [9.17, 15) is 8.78 Å². The molecule has 2 aromatic rings. The number of hydrogen-bond donors (Lipinski definition) is 0. The van der Waals surface area contributed by atoms with Gasteiger partial charge in [-0.1, -0.05) is 5.16 Å². The summed E-state index contributed by atoms with van der Waals surface area (Å²) in [5, 5.41) is 12.5. The third-order valence-electron chi connectivity index (χ3n) is 4.19. The normalized spacial score (nSPS) is 28.7. The predicted octanol–water partition coefficient (Wildman–Crippen LogP) is 2.27. The van der Waals surface area contributed by atoms with Crippen molar-refractivity contribution in [3.63, 3.8) is 0 Å². The summed E-state index contributed by atoms with van der Waals surface area (Å²) < 4.78 is 38.6. The fourth-order valence-electron chi connectivity index (χ4n) is 3.04. The highest BCUT2D eigenvalue weighted by Gasteiger charge is 2.85. The van der Waals surface area contributed by atoms with Crippen molar-refractivity contribution in [3.8, 4) is 17.5 Å². The number of pyridine rings is 1. The first-order chi connectivity index (χ1) is 10.6. The highest BCUT2D eigenvalue weighted by Crippen LogP contribution is 2.69. The molecule has 3 heterocycles. The summed E-state index contributed by atoms with van der Waals surface area (Å²) in [5.74, 6) is -3.93. The Hall–Kier alpha value is -2.40. The average Bonchev–Trinajstić information content (AvgIpc) is 2.91. The molecule has 8 heteroatoms. The van der Waals surface area contributed by atoms with Gasteiger partial charge in [0, 0.05) is 18.4 Å². The second kappa shape index (κ2) is 4.30. The maximum atomic E-state index is 14.1. The van der Waals surface area contributed by atoms with Crippen LogP contribution in [0, 0.1) is 17.2 Å². The van der Waals surface area contributed by atoms with Gasteiger partial charge in [-0.2, -0.15) is 10.2 Å². The largest absolute Gasteiger partial charge is 0.360 e. The van der Waals surface area contributed by atoms with E-state index in [4.69, 9.17) is 14.5 Å². The topological polar surface area (TPSA) is 84.8 Å². The summed E-state index contributed by atoms with van der Waals surface area (Å²) >= 11 is 0. The zero-order valence-electron chi connectivity index (χ0n) is 11.3. The smallest absolute Gasteiger partial charge is 0.290 e. The highest BCUT2D eigenvalue weighted by atomic mass is 19.3. The summed E-state index contributed by atoms with van der Waals surface area (Å²) in [7, 11) is 0. The zero-order chi connectivity index (χ0) is 15.4. The van der Waals surface area contributed by atoms with Gasteiger partial charge in [-0.15, -0.1) is 0 Å². The first-order valence-corrected chi connectivity index (χ1v) is 6.82. The molecule has 0 spiro atoms. The molecule has 0 radical (unpaired) electrons. The lowest BCUT2D eigenvalue weighted by Crippen LogP contribution is -2.25. The molecule has 2 aromatic heterocycles. The highest BCUT2D eigenvalue weighted by molar-refractivity contribution is 5.54. The minimum absolute atomic E-state index is 0.0684. The van der Waals surface area contributed by atoms with E-state index in [0.717, 1.165) is 0 Å². The molecule has 112 valence electrons. The molecule has 22 heavy (non-hydrogen) atoms. The minimum atomic E-state index is -2.97. The molecular formula is C14H10F2N4O2. The van der Waals surface area contributed by atoms with E-state index in [2.05, 4.69) is 15.1 Å². The molecule has 0 aromatic carbocycles. The SMILES string of the molecule is N#Cc1cc(-c2nc(C34OCCCC3C4(F)F)no2)ccn1. The van der Waals surface area contributed by atoms with E-state index < -0.39 is 17.4 Å². The number of aromatic nitrogens is 3. The molecule has 0 N–H and O–H groups in total. The minimum Gasteiger partial charge on any atom is -0.360 e. The van der Waals surface area contributed by atoms with E-state index in [1.54, 1.807) is 6.07 Å². The van der Waals surface area contributed by atoms with E-state index in [1.807, 2.05) is 6.07 Å². The fraction of sp³-hybridized carbons (Fsp3) is 0.429. The zero-order valence-corrected chi connectivity index (χ0v) is 11.3. The van der Waals surface area contributed by atoms with Crippen LogP contribution in [0.4, 0.5) is 8.78 Å². The molecule has 4 rings (SSSR count). The summed E-state index contributed by atoms with van der Waals surface area (Å²) in [6.07, 6.45) is 2.40. The van der Waals surface area contributed by atoms with E-state index in [-0.39, 0.29) is 24.0 Å². The maximum absolute atomic E-state index is 14.1. The number of rotatable bonds is 2. The maximum Gasteiger partial charge on any atom is 0.290 e. The second-order valence-corrected chi connectivity index (χ2v) is 5.37. The first kappa shape index (κ1) is 13.3. The Labute approximate surface area is 123 Å². The van der Waals surface area contributed by atoms with Gasteiger partial charge in [0.25, 0.3) is 11.8 Å². The van der Waals surface area contributed by atoms with Gasteiger partial charge in [0.05, 0.1) is 5.92 Å². The van der Waals surface area contributed by atoms with Gasteiger partial charge < -0.3 is 9.26 Å². The van der Waals surface area contributed by atoms with Crippen molar-refractivity contribution in [2.45, 2.75) is 24.4 Å². The summed E-state index contributed by atoms with van der Waals surface area (Å²) in [6.45, 7) is 0.254. The molecule has 2 aliphatic rings. The van der Waals surface area contributed by atoms with E-state index in [1.165, 1.54) is 12.3 Å². The van der Waals surface area contributed by atoms with Gasteiger partial charge in [0.2, 0.25) is 11.4 Å². The van der Waals surface area contributed by atoms with Crippen LogP contribution in [0.2, 0.25) is 0 Å². The van der Waals surface area contributed by atoms with Crippen LogP contribution in [0.3, 0.4) is 0 Å². The number of nitriles is 1. The van der Waals surface area contributed by atoms with Crippen molar-refractivity contribution < 1.29 is 18.0 Å². The summed E-state index contributed by atoms with van der Waals surface area (Å²) in [6, 6.07) is 4.92. The van der Waals surface area contributed by atoms with Gasteiger partial charge in [0.15, 0.2) is 0 Å². The van der Waals surface area contributed by atoms with Crippen molar-refractivity contribution in [2.75, 3.05) is 6.61 Å². The molecule has 1 saturated carbocycles. The summed E-state index contributed by atoms with van der Waals surface area (Å²) in [5.41, 5.74) is -1.12. The number of alkyl halides is 2. The van der Waals surface area contributed by atoms with Crippen molar-refractivity contribution in [1.29, 1.82) is 5.26 Å². The molecule has 2 unspecified atom stereocenters. The van der Waals surface area contributed by atoms with Crippen LogP contribution in [0.1, 0.15) is 24.4 Å². The van der Waals surface area contributed by atoms with Crippen molar-refractivity contribution in [2.24, 2.45) is 5.92 Å². The van der Waals surface area contributed by atoms with Crippen molar-refractivity contribution >= 4 is 0 Å². The average molecular weight is 304 g/mol. The molecule has 2 fully saturated rings. The molecule has 6 nitrogen and oxygen atoms in total. The third kappa shape index (κ3) is 1.57. The Morgan fingerprint density at radius 1 is 1.41 bits per heavy atom. The van der Waals surface area contributed by atoms with Crippen LogP contribution < -0.4 is 0 Å². The van der Waals surface area contributed by atoms with E-state index >= 15 is 0 Å². The Kier molecular flexibility index (Phi) is 2.60. The van der Waals surface area contributed by atoms with Crippen LogP contribution in [0.25, 0.3) is 11.5 Å². The lowest BCUT2D eigenvalue weighted by atomic mass is 10.1.